The highest BCUT2D eigenvalue weighted by molar-refractivity contribution is 6.35. The molecule has 2 aromatic heterocycles. The van der Waals surface area contributed by atoms with Crippen LogP contribution in [-0.4, -0.2) is 32.4 Å². The maximum atomic E-state index is 13.5. The van der Waals surface area contributed by atoms with Crippen LogP contribution >= 0.6 is 23.2 Å². The summed E-state index contributed by atoms with van der Waals surface area (Å²) in [5, 5.41) is 6.76. The molecule has 0 aliphatic heterocycles. The van der Waals surface area contributed by atoms with Crippen LogP contribution in [0.1, 0.15) is 11.3 Å². The summed E-state index contributed by atoms with van der Waals surface area (Å²) >= 11 is 12.1. The third-order valence-electron chi connectivity index (χ3n) is 3.65. The van der Waals surface area contributed by atoms with Gasteiger partial charge in [0.2, 0.25) is 0 Å². The number of carbonyl (C=O) groups excluding carboxylic acids is 1. The van der Waals surface area contributed by atoms with E-state index in [2.05, 4.69) is 20.4 Å². The lowest BCUT2D eigenvalue weighted by atomic mass is 10.1. The normalized spacial score (nSPS) is 11.3. The highest BCUT2D eigenvalue weighted by Crippen LogP contribution is 2.37. The van der Waals surface area contributed by atoms with E-state index in [4.69, 9.17) is 27.9 Å². The van der Waals surface area contributed by atoms with Crippen LogP contribution in [-0.2, 0) is 12.6 Å². The molecule has 0 atom stereocenters. The number of nitrogens with zero attached hydrogens (tertiary/aromatic N) is 4. The topological polar surface area (TPSA) is 81.9 Å². The van der Waals surface area contributed by atoms with E-state index in [1.165, 1.54) is 18.5 Å². The molecule has 0 bridgehead atoms. The van der Waals surface area contributed by atoms with Crippen molar-refractivity contribution < 1.29 is 22.7 Å². The van der Waals surface area contributed by atoms with Gasteiger partial charge in [-0.1, -0.05) is 29.3 Å². The van der Waals surface area contributed by atoms with Gasteiger partial charge in [-0.15, -0.1) is 0 Å². The molecule has 1 amide bonds. The highest BCUT2D eigenvalue weighted by Gasteiger charge is 2.41. The first-order valence-corrected chi connectivity index (χ1v) is 8.84. The quantitative estimate of drug-likeness (QED) is 0.632. The Balaban J connectivity index is 1.71. The van der Waals surface area contributed by atoms with Gasteiger partial charge in [0.15, 0.2) is 11.4 Å². The minimum atomic E-state index is -4.86. The van der Waals surface area contributed by atoms with Gasteiger partial charge in [0.25, 0.3) is 5.95 Å². The number of halogens is 5. The largest absolute Gasteiger partial charge is 0.437 e. The summed E-state index contributed by atoms with van der Waals surface area (Å²) in [5.74, 6) is -1.10. The number of benzene rings is 1. The SMILES string of the molecule is O=C(NCCc1c(Cl)cccc1Cl)Oc1cnn(-c2ncccn2)c1C(F)(F)F. The smallest absolute Gasteiger partial charge is 0.406 e. The molecule has 12 heteroatoms. The molecule has 7 nitrogen and oxygen atoms in total. The van der Waals surface area contributed by atoms with Crippen LogP contribution in [0.15, 0.2) is 42.9 Å². The lowest BCUT2D eigenvalue weighted by Crippen LogP contribution is -2.29. The fraction of sp³-hybridized carbons (Fsp3) is 0.176. The van der Waals surface area contributed by atoms with Crippen molar-refractivity contribution in [3.63, 3.8) is 0 Å². The Kier molecular flexibility index (Phi) is 6.23. The second-order valence-corrected chi connectivity index (χ2v) is 6.40. The molecule has 29 heavy (non-hydrogen) atoms. The molecule has 1 N–H and O–H groups in total. The monoisotopic (exact) mass is 445 g/mol. The van der Waals surface area contributed by atoms with E-state index in [-0.39, 0.29) is 18.9 Å². The van der Waals surface area contributed by atoms with Crippen LogP contribution < -0.4 is 10.1 Å². The molecule has 0 aliphatic carbocycles. The number of alkyl halides is 3. The van der Waals surface area contributed by atoms with E-state index in [0.29, 0.717) is 20.3 Å². The van der Waals surface area contributed by atoms with E-state index in [9.17, 15) is 18.0 Å². The van der Waals surface area contributed by atoms with E-state index in [1.807, 2.05) is 0 Å². The molecule has 0 unspecified atom stereocenters. The summed E-state index contributed by atoms with van der Waals surface area (Å²) in [6.45, 7) is 0.0412. The third kappa shape index (κ3) is 4.96. The Morgan fingerprint density at radius 3 is 2.41 bits per heavy atom. The summed E-state index contributed by atoms with van der Waals surface area (Å²) in [5.41, 5.74) is -0.714. The minimum Gasteiger partial charge on any atom is -0.406 e. The second-order valence-electron chi connectivity index (χ2n) is 5.58. The summed E-state index contributed by atoms with van der Waals surface area (Å²) in [4.78, 5) is 19.4. The van der Waals surface area contributed by atoms with Crippen LogP contribution in [0.2, 0.25) is 10.0 Å². The third-order valence-corrected chi connectivity index (χ3v) is 4.36. The van der Waals surface area contributed by atoms with Crippen LogP contribution in [0.25, 0.3) is 5.95 Å². The molecule has 1 aromatic carbocycles. The average Bonchev–Trinajstić information content (AvgIpc) is 3.09. The van der Waals surface area contributed by atoms with Gasteiger partial charge in [0.05, 0.1) is 6.20 Å². The Labute approximate surface area is 172 Å². The van der Waals surface area contributed by atoms with Gasteiger partial charge < -0.3 is 10.1 Å². The van der Waals surface area contributed by atoms with Crippen molar-refractivity contribution in [3.05, 3.63) is 64.2 Å². The first kappa shape index (κ1) is 20.9. The lowest BCUT2D eigenvalue weighted by Gasteiger charge is -2.12. The Hall–Kier alpha value is -2.85. The van der Waals surface area contributed by atoms with Crippen molar-refractivity contribution in [2.24, 2.45) is 0 Å². The van der Waals surface area contributed by atoms with Crippen molar-refractivity contribution in [3.8, 4) is 11.7 Å². The van der Waals surface area contributed by atoms with Gasteiger partial charge in [-0.2, -0.15) is 23.0 Å². The van der Waals surface area contributed by atoms with E-state index in [0.717, 1.165) is 6.20 Å². The van der Waals surface area contributed by atoms with Gasteiger partial charge >= 0.3 is 12.3 Å². The van der Waals surface area contributed by atoms with Gasteiger partial charge in [0, 0.05) is 29.0 Å². The summed E-state index contributed by atoms with van der Waals surface area (Å²) in [7, 11) is 0. The number of ether oxygens (including phenoxy) is 1. The fourth-order valence-corrected chi connectivity index (χ4v) is 3.00. The maximum Gasteiger partial charge on any atom is 0.437 e. The standard InChI is InChI=1S/C17H12Cl2F3N5O2/c18-11-3-1-4-12(19)10(11)5-8-25-16(28)29-13-9-26-27(14(13)17(20,21)22)15-23-6-2-7-24-15/h1-4,6-7,9H,5,8H2,(H,25,28). The number of hydrogen-bond acceptors (Lipinski definition) is 5. The predicted molar refractivity (Wildman–Crippen MR) is 98.3 cm³/mol. The summed E-state index contributed by atoms with van der Waals surface area (Å²) < 4.78 is 45.7. The van der Waals surface area contributed by atoms with E-state index in [1.54, 1.807) is 18.2 Å². The molecule has 0 saturated heterocycles. The van der Waals surface area contributed by atoms with Crippen LogP contribution in [0.4, 0.5) is 18.0 Å². The molecule has 0 aliphatic rings. The van der Waals surface area contributed by atoms with Gasteiger partial charge in [0.1, 0.15) is 0 Å². The van der Waals surface area contributed by atoms with Crippen molar-refractivity contribution in [1.82, 2.24) is 25.1 Å². The summed E-state index contributed by atoms with van der Waals surface area (Å²) in [6, 6.07) is 6.38. The number of nitrogens with one attached hydrogen (secondary N) is 1. The number of aromatic nitrogens is 4. The maximum absolute atomic E-state index is 13.5. The molecular weight excluding hydrogens is 434 g/mol. The molecule has 0 spiro atoms. The number of amides is 1. The molecule has 0 fully saturated rings. The second kappa shape index (κ2) is 8.66. The van der Waals surface area contributed by atoms with E-state index >= 15 is 0 Å². The number of rotatable bonds is 5. The molecule has 3 rings (SSSR count). The zero-order chi connectivity index (χ0) is 21.0. The Morgan fingerprint density at radius 1 is 1.14 bits per heavy atom. The Bertz CT molecular complexity index is 992. The Morgan fingerprint density at radius 2 is 1.79 bits per heavy atom. The van der Waals surface area contributed by atoms with Crippen molar-refractivity contribution >= 4 is 29.3 Å². The van der Waals surface area contributed by atoms with Gasteiger partial charge in [-0.05, 0) is 30.2 Å². The van der Waals surface area contributed by atoms with Gasteiger partial charge in [-0.25, -0.2) is 14.8 Å². The predicted octanol–water partition coefficient (Wildman–Crippen LogP) is 4.32. The molecule has 0 radical (unpaired) electrons. The first-order valence-electron chi connectivity index (χ1n) is 8.08. The van der Waals surface area contributed by atoms with Crippen molar-refractivity contribution in [1.29, 1.82) is 0 Å². The zero-order valence-corrected chi connectivity index (χ0v) is 16.0. The molecule has 0 saturated carbocycles. The molecule has 2 heterocycles. The van der Waals surface area contributed by atoms with Crippen LogP contribution in [0.3, 0.4) is 0 Å². The van der Waals surface area contributed by atoms with Crippen LogP contribution in [0.5, 0.6) is 5.75 Å². The molecule has 3 aromatic rings. The average molecular weight is 446 g/mol. The van der Waals surface area contributed by atoms with E-state index < -0.39 is 23.7 Å². The molecular formula is C17H12Cl2F3N5O2. The van der Waals surface area contributed by atoms with Crippen molar-refractivity contribution in [2.45, 2.75) is 12.6 Å². The number of hydrogen-bond donors (Lipinski definition) is 1. The lowest BCUT2D eigenvalue weighted by molar-refractivity contribution is -0.143. The van der Waals surface area contributed by atoms with Gasteiger partial charge in [-0.3, -0.25) is 0 Å². The first-order chi connectivity index (χ1) is 13.8. The minimum absolute atomic E-state index is 0.0412. The van der Waals surface area contributed by atoms with Crippen LogP contribution in [0, 0.1) is 0 Å². The molecule has 152 valence electrons. The zero-order valence-electron chi connectivity index (χ0n) is 14.5. The highest BCUT2D eigenvalue weighted by atomic mass is 35.5. The fourth-order valence-electron chi connectivity index (χ4n) is 2.42. The number of carbonyl (C=O) groups is 1. The summed E-state index contributed by atoms with van der Waals surface area (Å²) in [6.07, 6.45) is -2.40. The van der Waals surface area contributed by atoms with Crippen molar-refractivity contribution in [2.75, 3.05) is 6.54 Å².